The number of carbonyl (C=O) groups is 1. The molecule has 25 heavy (non-hydrogen) atoms. The molecule has 0 saturated carbocycles. The molecule has 2 aromatic carbocycles. The maximum absolute atomic E-state index is 12.5. The molecule has 2 rings (SSSR count). The maximum atomic E-state index is 12.5. The van der Waals surface area contributed by atoms with Gasteiger partial charge >= 0.3 is 0 Å². The zero-order valence-electron chi connectivity index (χ0n) is 15.2. The molecule has 2 aromatic rings. The van der Waals surface area contributed by atoms with Crippen LogP contribution in [0.15, 0.2) is 36.4 Å². The highest BCUT2D eigenvalue weighted by molar-refractivity contribution is 6.01. The standard InChI is InChI=1S/C20H26N2O3/c1-20(2,3)11-19(24)16-10-14(5-7-17(16)21)22-12-13-9-15(25-4)6-8-18(13)23/h5-10,22-23H,11-12,21H2,1-4H3. The Labute approximate surface area is 148 Å². The van der Waals surface area contributed by atoms with E-state index in [2.05, 4.69) is 5.32 Å². The second-order valence-electron chi connectivity index (χ2n) is 7.31. The molecule has 0 saturated heterocycles. The van der Waals surface area contributed by atoms with Gasteiger partial charge in [-0.1, -0.05) is 20.8 Å². The number of methoxy groups -OCH3 is 1. The van der Waals surface area contributed by atoms with Gasteiger partial charge < -0.3 is 20.9 Å². The number of carbonyl (C=O) groups excluding carboxylic acids is 1. The zero-order chi connectivity index (χ0) is 18.6. The van der Waals surface area contributed by atoms with Crippen LogP contribution in [0.1, 0.15) is 43.1 Å². The van der Waals surface area contributed by atoms with E-state index in [0.717, 1.165) is 5.69 Å². The van der Waals surface area contributed by atoms with Crippen molar-refractivity contribution in [3.63, 3.8) is 0 Å². The van der Waals surface area contributed by atoms with Gasteiger partial charge in [-0.25, -0.2) is 0 Å². The molecule has 0 aliphatic rings. The van der Waals surface area contributed by atoms with E-state index in [9.17, 15) is 9.90 Å². The molecule has 4 N–H and O–H groups in total. The fourth-order valence-electron chi connectivity index (χ4n) is 2.51. The Balaban J connectivity index is 2.16. The molecule has 0 aliphatic carbocycles. The number of hydrogen-bond acceptors (Lipinski definition) is 5. The third-order valence-electron chi connectivity index (χ3n) is 3.81. The Morgan fingerprint density at radius 3 is 2.56 bits per heavy atom. The highest BCUT2D eigenvalue weighted by atomic mass is 16.5. The summed E-state index contributed by atoms with van der Waals surface area (Å²) in [5.41, 5.74) is 8.35. The minimum Gasteiger partial charge on any atom is -0.508 e. The van der Waals surface area contributed by atoms with Crippen molar-refractivity contribution in [1.82, 2.24) is 0 Å². The highest BCUT2D eigenvalue weighted by Crippen LogP contribution is 2.27. The summed E-state index contributed by atoms with van der Waals surface area (Å²) < 4.78 is 5.17. The summed E-state index contributed by atoms with van der Waals surface area (Å²) in [6.45, 7) is 6.47. The number of ether oxygens (including phenoxy) is 1. The Morgan fingerprint density at radius 1 is 1.20 bits per heavy atom. The minimum atomic E-state index is -0.0979. The van der Waals surface area contributed by atoms with Gasteiger partial charge in [0.15, 0.2) is 5.78 Å². The molecular weight excluding hydrogens is 316 g/mol. The quantitative estimate of drug-likeness (QED) is 0.541. The predicted molar refractivity (Wildman–Crippen MR) is 101 cm³/mol. The van der Waals surface area contributed by atoms with Gasteiger partial charge in [-0.15, -0.1) is 0 Å². The largest absolute Gasteiger partial charge is 0.508 e. The topological polar surface area (TPSA) is 84.6 Å². The molecule has 0 atom stereocenters. The zero-order valence-corrected chi connectivity index (χ0v) is 15.2. The first-order chi connectivity index (χ1) is 11.7. The van der Waals surface area contributed by atoms with E-state index < -0.39 is 0 Å². The normalized spacial score (nSPS) is 11.2. The van der Waals surface area contributed by atoms with Crippen molar-refractivity contribution < 1.29 is 14.6 Å². The summed E-state index contributed by atoms with van der Waals surface area (Å²) in [6.07, 6.45) is 0.428. The summed E-state index contributed by atoms with van der Waals surface area (Å²) in [5.74, 6) is 0.888. The molecule has 0 amide bonds. The predicted octanol–water partition coefficient (Wildman–Crippen LogP) is 4.21. The van der Waals surface area contributed by atoms with Crippen LogP contribution in [0.5, 0.6) is 11.5 Å². The molecule has 0 heterocycles. The number of rotatable bonds is 6. The van der Waals surface area contributed by atoms with Crippen LogP contribution in [0, 0.1) is 5.41 Å². The van der Waals surface area contributed by atoms with Gasteiger partial charge in [-0.3, -0.25) is 4.79 Å². The number of benzene rings is 2. The number of nitrogens with one attached hydrogen (secondary N) is 1. The Hall–Kier alpha value is -2.69. The first-order valence-electron chi connectivity index (χ1n) is 8.22. The number of hydrogen-bond donors (Lipinski definition) is 3. The van der Waals surface area contributed by atoms with Crippen LogP contribution in [-0.4, -0.2) is 18.0 Å². The summed E-state index contributed by atoms with van der Waals surface area (Å²) in [7, 11) is 1.58. The number of Topliss-reactive ketones (excluding diaryl/α,β-unsaturated/α-hetero) is 1. The van der Waals surface area contributed by atoms with Gasteiger partial charge in [0.25, 0.3) is 0 Å². The SMILES string of the molecule is COc1ccc(O)c(CNc2ccc(N)c(C(=O)CC(C)(C)C)c2)c1. The third-order valence-corrected chi connectivity index (χ3v) is 3.81. The summed E-state index contributed by atoms with van der Waals surface area (Å²) in [5, 5.41) is 13.2. The molecule has 5 heteroatoms. The number of ketones is 1. The van der Waals surface area contributed by atoms with E-state index >= 15 is 0 Å². The first kappa shape index (κ1) is 18.6. The average Bonchev–Trinajstić information content (AvgIpc) is 2.53. The van der Waals surface area contributed by atoms with Gasteiger partial charge in [0.05, 0.1) is 7.11 Å². The van der Waals surface area contributed by atoms with E-state index in [1.165, 1.54) is 0 Å². The van der Waals surface area contributed by atoms with E-state index in [1.54, 1.807) is 37.4 Å². The van der Waals surface area contributed by atoms with Crippen LogP contribution in [0.4, 0.5) is 11.4 Å². The molecule has 0 radical (unpaired) electrons. The average molecular weight is 342 g/mol. The molecule has 0 aliphatic heterocycles. The van der Waals surface area contributed by atoms with Crippen LogP contribution in [-0.2, 0) is 6.54 Å². The van der Waals surface area contributed by atoms with Crippen LogP contribution < -0.4 is 15.8 Å². The van der Waals surface area contributed by atoms with Crippen molar-refractivity contribution in [3.8, 4) is 11.5 Å². The van der Waals surface area contributed by atoms with Crippen molar-refractivity contribution in [2.75, 3.05) is 18.2 Å². The first-order valence-corrected chi connectivity index (χ1v) is 8.22. The van der Waals surface area contributed by atoms with E-state index in [0.29, 0.717) is 35.5 Å². The Morgan fingerprint density at radius 2 is 1.92 bits per heavy atom. The van der Waals surface area contributed by atoms with Gasteiger partial charge in [0.2, 0.25) is 0 Å². The lowest BCUT2D eigenvalue weighted by molar-refractivity contribution is 0.0941. The van der Waals surface area contributed by atoms with E-state index in [1.807, 2.05) is 26.8 Å². The van der Waals surface area contributed by atoms with Crippen molar-refractivity contribution in [2.45, 2.75) is 33.7 Å². The lowest BCUT2D eigenvalue weighted by Crippen LogP contribution is -2.14. The van der Waals surface area contributed by atoms with Crippen LogP contribution >= 0.6 is 0 Å². The van der Waals surface area contributed by atoms with Gasteiger partial charge in [0, 0.05) is 35.5 Å². The van der Waals surface area contributed by atoms with Crippen LogP contribution in [0.2, 0.25) is 0 Å². The molecule has 134 valence electrons. The number of nitrogen functional groups attached to an aromatic ring is 1. The van der Waals surface area contributed by atoms with Crippen molar-refractivity contribution in [1.29, 1.82) is 0 Å². The lowest BCUT2D eigenvalue weighted by Gasteiger charge is -2.18. The molecule has 0 unspecified atom stereocenters. The van der Waals surface area contributed by atoms with Crippen molar-refractivity contribution in [3.05, 3.63) is 47.5 Å². The Kier molecular flexibility index (Phi) is 5.57. The lowest BCUT2D eigenvalue weighted by atomic mass is 9.87. The van der Waals surface area contributed by atoms with Crippen LogP contribution in [0.3, 0.4) is 0 Å². The van der Waals surface area contributed by atoms with Gasteiger partial charge in [-0.05, 0) is 41.8 Å². The third kappa shape index (κ3) is 5.14. The minimum absolute atomic E-state index is 0.0258. The van der Waals surface area contributed by atoms with Gasteiger partial charge in [-0.2, -0.15) is 0 Å². The molecule has 0 spiro atoms. The monoisotopic (exact) mass is 342 g/mol. The summed E-state index contributed by atoms with van der Waals surface area (Å²) >= 11 is 0. The highest BCUT2D eigenvalue weighted by Gasteiger charge is 2.19. The molecule has 0 bridgehead atoms. The second-order valence-corrected chi connectivity index (χ2v) is 7.31. The van der Waals surface area contributed by atoms with Gasteiger partial charge in [0.1, 0.15) is 11.5 Å². The smallest absolute Gasteiger partial charge is 0.165 e. The number of phenols is 1. The maximum Gasteiger partial charge on any atom is 0.165 e. The Bertz CT molecular complexity index is 764. The molecule has 5 nitrogen and oxygen atoms in total. The summed E-state index contributed by atoms with van der Waals surface area (Å²) in [6, 6.07) is 10.4. The van der Waals surface area contributed by atoms with Crippen molar-refractivity contribution >= 4 is 17.2 Å². The fraction of sp³-hybridized carbons (Fsp3) is 0.350. The molecular formula is C20H26N2O3. The van der Waals surface area contributed by atoms with E-state index in [-0.39, 0.29) is 16.9 Å². The van der Waals surface area contributed by atoms with Crippen molar-refractivity contribution in [2.24, 2.45) is 5.41 Å². The summed E-state index contributed by atoms with van der Waals surface area (Å²) in [4.78, 5) is 12.5. The number of phenolic OH excluding ortho intramolecular Hbond substituents is 1. The number of nitrogens with two attached hydrogens (primary N) is 1. The molecule has 0 fully saturated rings. The van der Waals surface area contributed by atoms with Crippen LogP contribution in [0.25, 0.3) is 0 Å². The molecule has 0 aromatic heterocycles. The number of aromatic hydroxyl groups is 1. The number of anilines is 2. The fourth-order valence-corrected chi connectivity index (χ4v) is 2.51. The van der Waals surface area contributed by atoms with E-state index in [4.69, 9.17) is 10.5 Å². The second kappa shape index (κ2) is 7.47.